The summed E-state index contributed by atoms with van der Waals surface area (Å²) in [5.74, 6) is 0. The second kappa shape index (κ2) is 4.80. The predicted molar refractivity (Wildman–Crippen MR) is 60.3 cm³/mol. The highest BCUT2D eigenvalue weighted by molar-refractivity contribution is 7.97. The lowest BCUT2D eigenvalue weighted by atomic mass is 10.2. The molecular weight excluding hydrogens is 192 g/mol. The van der Waals surface area contributed by atoms with E-state index < -0.39 is 0 Å². The second-order valence-electron chi connectivity index (χ2n) is 3.72. The van der Waals surface area contributed by atoms with Crippen molar-refractivity contribution in [2.45, 2.75) is 31.1 Å². The van der Waals surface area contributed by atoms with Crippen molar-refractivity contribution in [2.75, 3.05) is 13.1 Å². The molecule has 0 aromatic carbocycles. The molecule has 1 aliphatic rings. The van der Waals surface area contributed by atoms with Crippen LogP contribution in [-0.2, 0) is 0 Å². The van der Waals surface area contributed by atoms with Crippen LogP contribution >= 0.6 is 11.9 Å². The van der Waals surface area contributed by atoms with Gasteiger partial charge in [-0.15, -0.1) is 0 Å². The van der Waals surface area contributed by atoms with Gasteiger partial charge in [-0.25, -0.2) is 4.31 Å². The third-order valence-corrected chi connectivity index (χ3v) is 3.51. The minimum absolute atomic E-state index is 1.09. The maximum absolute atomic E-state index is 4.30. The molecule has 2 heterocycles. The number of hydrogen-bond donors (Lipinski definition) is 0. The van der Waals surface area contributed by atoms with Gasteiger partial charge in [0.15, 0.2) is 0 Å². The van der Waals surface area contributed by atoms with Gasteiger partial charge in [0.25, 0.3) is 0 Å². The van der Waals surface area contributed by atoms with Crippen LogP contribution in [0.4, 0.5) is 0 Å². The van der Waals surface area contributed by atoms with Crippen LogP contribution in [-0.4, -0.2) is 22.4 Å². The molecular formula is C11H16N2S. The zero-order valence-corrected chi connectivity index (χ0v) is 9.39. The summed E-state index contributed by atoms with van der Waals surface area (Å²) in [6.07, 6.45) is 6.04. The highest BCUT2D eigenvalue weighted by Crippen LogP contribution is 2.25. The Bertz CT molecular complexity index is 278. The average molecular weight is 208 g/mol. The zero-order valence-electron chi connectivity index (χ0n) is 8.57. The quantitative estimate of drug-likeness (QED) is 0.695. The summed E-state index contributed by atoms with van der Waals surface area (Å²) in [4.78, 5) is 5.56. The number of rotatable bonds is 2. The summed E-state index contributed by atoms with van der Waals surface area (Å²) in [5, 5.41) is 0. The van der Waals surface area contributed by atoms with Crippen molar-refractivity contribution < 1.29 is 0 Å². The van der Waals surface area contributed by atoms with Crippen molar-refractivity contribution >= 4 is 11.9 Å². The first kappa shape index (κ1) is 9.99. The molecule has 3 heteroatoms. The molecule has 0 bridgehead atoms. The molecule has 2 rings (SSSR count). The van der Waals surface area contributed by atoms with Crippen LogP contribution in [0.2, 0.25) is 0 Å². The van der Waals surface area contributed by atoms with Gasteiger partial charge in [-0.1, -0.05) is 6.42 Å². The van der Waals surface area contributed by atoms with Crippen molar-refractivity contribution in [3.8, 4) is 0 Å². The summed E-state index contributed by atoms with van der Waals surface area (Å²) in [6, 6.07) is 4.23. The monoisotopic (exact) mass is 208 g/mol. The lowest BCUT2D eigenvalue weighted by Gasteiger charge is -2.24. The minimum Gasteiger partial charge on any atom is -0.260 e. The van der Waals surface area contributed by atoms with Crippen LogP contribution in [0.1, 0.15) is 25.0 Å². The van der Waals surface area contributed by atoms with E-state index in [1.54, 1.807) is 0 Å². The van der Waals surface area contributed by atoms with Crippen molar-refractivity contribution in [3.63, 3.8) is 0 Å². The molecule has 0 aliphatic carbocycles. The van der Waals surface area contributed by atoms with E-state index in [1.807, 2.05) is 25.1 Å². The number of aromatic nitrogens is 1. The number of aryl methyl sites for hydroxylation is 1. The van der Waals surface area contributed by atoms with Crippen LogP contribution in [0, 0.1) is 6.92 Å². The van der Waals surface area contributed by atoms with Crippen LogP contribution in [0.25, 0.3) is 0 Å². The van der Waals surface area contributed by atoms with E-state index in [2.05, 4.69) is 21.4 Å². The fourth-order valence-electron chi connectivity index (χ4n) is 1.61. The number of nitrogens with zero attached hydrogens (tertiary/aromatic N) is 2. The predicted octanol–water partition coefficient (Wildman–Crippen LogP) is 2.88. The fourth-order valence-corrected chi connectivity index (χ4v) is 2.58. The molecule has 0 unspecified atom stereocenters. The lowest BCUT2D eigenvalue weighted by Crippen LogP contribution is -2.22. The summed E-state index contributed by atoms with van der Waals surface area (Å²) in [5.41, 5.74) is 1.09. The number of piperidine rings is 1. The average Bonchev–Trinajstić information content (AvgIpc) is 2.23. The Morgan fingerprint density at radius 3 is 2.64 bits per heavy atom. The smallest absolute Gasteiger partial charge is 0.0420 e. The number of hydrogen-bond acceptors (Lipinski definition) is 3. The van der Waals surface area contributed by atoms with Crippen LogP contribution < -0.4 is 0 Å². The van der Waals surface area contributed by atoms with Gasteiger partial charge < -0.3 is 0 Å². The van der Waals surface area contributed by atoms with Crippen molar-refractivity contribution in [1.82, 2.24) is 9.29 Å². The van der Waals surface area contributed by atoms with Gasteiger partial charge in [-0.05, 0) is 43.8 Å². The van der Waals surface area contributed by atoms with Crippen LogP contribution in [0.5, 0.6) is 0 Å². The van der Waals surface area contributed by atoms with E-state index in [0.717, 1.165) is 5.69 Å². The summed E-state index contributed by atoms with van der Waals surface area (Å²) in [6.45, 7) is 4.46. The molecule has 2 nitrogen and oxygen atoms in total. The van der Waals surface area contributed by atoms with Gasteiger partial charge in [0, 0.05) is 29.9 Å². The molecule has 1 aliphatic heterocycles. The Hall–Kier alpha value is -0.540. The SMILES string of the molecule is Cc1ccc(SN2CCCCC2)cn1. The third kappa shape index (κ3) is 2.72. The van der Waals surface area contributed by atoms with E-state index in [4.69, 9.17) is 0 Å². The standard InChI is InChI=1S/C11H16N2S/c1-10-5-6-11(9-12-10)14-13-7-3-2-4-8-13/h5-6,9H,2-4,7-8H2,1H3. The van der Waals surface area contributed by atoms with Crippen molar-refractivity contribution in [2.24, 2.45) is 0 Å². The molecule has 1 aromatic heterocycles. The molecule has 76 valence electrons. The van der Waals surface area contributed by atoms with Gasteiger partial charge in [0.05, 0.1) is 0 Å². The Morgan fingerprint density at radius 2 is 2.00 bits per heavy atom. The topological polar surface area (TPSA) is 16.1 Å². The third-order valence-electron chi connectivity index (χ3n) is 2.43. The van der Waals surface area contributed by atoms with E-state index in [1.165, 1.54) is 37.2 Å². The molecule has 0 saturated carbocycles. The van der Waals surface area contributed by atoms with Crippen LogP contribution in [0.3, 0.4) is 0 Å². The van der Waals surface area contributed by atoms with Gasteiger partial charge >= 0.3 is 0 Å². The van der Waals surface area contributed by atoms with Crippen molar-refractivity contribution in [3.05, 3.63) is 24.0 Å². The van der Waals surface area contributed by atoms with Gasteiger partial charge in [-0.3, -0.25) is 4.98 Å². The molecule has 14 heavy (non-hydrogen) atoms. The first-order valence-corrected chi connectivity index (χ1v) is 5.97. The second-order valence-corrected chi connectivity index (χ2v) is 4.89. The Labute approximate surface area is 89.9 Å². The number of pyridine rings is 1. The molecule has 0 N–H and O–H groups in total. The van der Waals surface area contributed by atoms with E-state index in [-0.39, 0.29) is 0 Å². The summed E-state index contributed by atoms with van der Waals surface area (Å²) >= 11 is 1.84. The summed E-state index contributed by atoms with van der Waals surface area (Å²) < 4.78 is 2.44. The van der Waals surface area contributed by atoms with Crippen LogP contribution in [0.15, 0.2) is 23.2 Å². The highest BCUT2D eigenvalue weighted by Gasteiger charge is 2.10. The maximum atomic E-state index is 4.30. The Morgan fingerprint density at radius 1 is 1.21 bits per heavy atom. The highest BCUT2D eigenvalue weighted by atomic mass is 32.2. The van der Waals surface area contributed by atoms with Crippen molar-refractivity contribution in [1.29, 1.82) is 0 Å². The molecule has 0 atom stereocenters. The minimum atomic E-state index is 1.09. The van der Waals surface area contributed by atoms with Gasteiger partial charge in [0.1, 0.15) is 0 Å². The largest absolute Gasteiger partial charge is 0.260 e. The zero-order chi connectivity index (χ0) is 9.80. The summed E-state index contributed by atoms with van der Waals surface area (Å²) in [7, 11) is 0. The Kier molecular flexibility index (Phi) is 3.43. The van der Waals surface area contributed by atoms with E-state index >= 15 is 0 Å². The maximum Gasteiger partial charge on any atom is 0.0420 e. The van der Waals surface area contributed by atoms with E-state index in [0.29, 0.717) is 0 Å². The molecule has 1 fully saturated rings. The molecule has 0 spiro atoms. The molecule has 0 radical (unpaired) electrons. The normalized spacial score (nSPS) is 18.4. The lowest BCUT2D eigenvalue weighted by molar-refractivity contribution is 0.380. The first-order valence-electron chi connectivity index (χ1n) is 5.20. The molecule has 1 aromatic rings. The van der Waals surface area contributed by atoms with E-state index in [9.17, 15) is 0 Å². The molecule has 0 amide bonds. The van der Waals surface area contributed by atoms with Gasteiger partial charge in [-0.2, -0.15) is 0 Å². The first-order chi connectivity index (χ1) is 6.84. The Balaban J connectivity index is 1.92. The fraction of sp³-hybridized carbons (Fsp3) is 0.545. The van der Waals surface area contributed by atoms with Gasteiger partial charge in [0.2, 0.25) is 0 Å². The molecule has 1 saturated heterocycles.